The summed E-state index contributed by atoms with van der Waals surface area (Å²) in [5.74, 6) is 0.230. The van der Waals surface area contributed by atoms with Gasteiger partial charge in [-0.2, -0.15) is 18.4 Å². The highest BCUT2D eigenvalue weighted by atomic mass is 19.4. The zero-order valence-corrected chi connectivity index (χ0v) is 19.7. The number of aromatic nitrogens is 2. The lowest BCUT2D eigenvalue weighted by molar-refractivity contribution is -0.137. The van der Waals surface area contributed by atoms with E-state index in [0.717, 1.165) is 10.6 Å². The van der Waals surface area contributed by atoms with E-state index < -0.39 is 41.0 Å². The maximum Gasteiger partial charge on any atom is 0.417 e. The van der Waals surface area contributed by atoms with Gasteiger partial charge in [-0.05, 0) is 42.3 Å². The number of aromatic hydroxyl groups is 1. The Morgan fingerprint density at radius 2 is 1.89 bits per heavy atom. The molecule has 2 aliphatic rings. The van der Waals surface area contributed by atoms with Gasteiger partial charge >= 0.3 is 11.9 Å². The first kappa shape index (κ1) is 24.3. The maximum atomic E-state index is 13.5. The Hall–Kier alpha value is -4.40. The maximum absolute atomic E-state index is 13.5. The van der Waals surface area contributed by atoms with E-state index in [1.54, 1.807) is 23.1 Å². The van der Waals surface area contributed by atoms with Gasteiger partial charge in [0, 0.05) is 6.54 Å². The van der Waals surface area contributed by atoms with E-state index in [4.69, 9.17) is 14.7 Å². The Morgan fingerprint density at radius 1 is 1.16 bits per heavy atom. The number of fused-ring (bicyclic) bond motifs is 5. The number of nitrogens with zero attached hydrogens (tertiary/aromatic N) is 4. The van der Waals surface area contributed by atoms with Crippen molar-refractivity contribution in [2.45, 2.75) is 31.1 Å². The van der Waals surface area contributed by atoms with Gasteiger partial charge in [-0.15, -0.1) is 0 Å². The molecular formula is C25H21F3N4O5. The van der Waals surface area contributed by atoms with Crippen molar-refractivity contribution in [1.82, 2.24) is 14.0 Å². The Kier molecular flexibility index (Phi) is 5.66. The normalized spacial score (nSPS) is 18.0. The molecule has 0 aliphatic carbocycles. The van der Waals surface area contributed by atoms with Crippen molar-refractivity contribution in [3.8, 4) is 29.1 Å². The number of nitriles is 1. The summed E-state index contributed by atoms with van der Waals surface area (Å²) in [5.41, 5.74) is -1.87. The Bertz CT molecular complexity index is 1520. The smallest absolute Gasteiger partial charge is 0.417 e. The van der Waals surface area contributed by atoms with Crippen molar-refractivity contribution < 1.29 is 32.5 Å². The second kappa shape index (κ2) is 8.62. The van der Waals surface area contributed by atoms with E-state index >= 15 is 0 Å². The summed E-state index contributed by atoms with van der Waals surface area (Å²) in [6, 6.07) is 8.38. The van der Waals surface area contributed by atoms with Crippen LogP contribution in [0.4, 0.5) is 13.2 Å². The lowest BCUT2D eigenvalue weighted by atomic mass is 10.1. The summed E-state index contributed by atoms with van der Waals surface area (Å²) in [4.78, 5) is 27.9. The number of rotatable bonds is 5. The average Bonchev–Trinajstić information content (AvgIpc) is 3.54. The molecule has 0 radical (unpaired) electrons. The van der Waals surface area contributed by atoms with Gasteiger partial charge in [-0.3, -0.25) is 9.36 Å². The third-order valence-electron chi connectivity index (χ3n) is 6.87. The molecule has 3 aromatic rings. The number of amides is 1. The zero-order chi connectivity index (χ0) is 26.6. The van der Waals surface area contributed by atoms with Crippen LogP contribution in [0.3, 0.4) is 0 Å². The molecule has 37 heavy (non-hydrogen) atoms. The number of imidazole rings is 1. The molecule has 192 valence electrons. The molecule has 1 amide bonds. The third-order valence-corrected chi connectivity index (χ3v) is 6.87. The predicted octanol–water partition coefficient (Wildman–Crippen LogP) is 3.32. The van der Waals surface area contributed by atoms with Crippen molar-refractivity contribution in [2.75, 3.05) is 20.8 Å². The Balaban J connectivity index is 1.47. The fourth-order valence-corrected chi connectivity index (χ4v) is 5.22. The van der Waals surface area contributed by atoms with Crippen LogP contribution < -0.4 is 15.2 Å². The summed E-state index contributed by atoms with van der Waals surface area (Å²) in [6.45, 7) is 0.230. The van der Waals surface area contributed by atoms with Crippen LogP contribution in [0.25, 0.3) is 5.69 Å². The number of carbonyl (C=O) groups excluding carboxylic acids is 1. The van der Waals surface area contributed by atoms with Crippen LogP contribution in [0, 0.1) is 11.3 Å². The molecule has 1 aromatic heterocycles. The third kappa shape index (κ3) is 3.78. The minimum absolute atomic E-state index is 0.0415. The molecule has 1 N–H and O–H groups in total. The number of carbonyl (C=O) groups is 1. The summed E-state index contributed by atoms with van der Waals surface area (Å²) < 4.78 is 53.0. The van der Waals surface area contributed by atoms with Gasteiger partial charge in [0.15, 0.2) is 11.5 Å². The van der Waals surface area contributed by atoms with Crippen molar-refractivity contribution >= 4 is 5.91 Å². The highest BCUT2D eigenvalue weighted by Gasteiger charge is 2.49. The van der Waals surface area contributed by atoms with Gasteiger partial charge in [0.1, 0.15) is 5.69 Å². The predicted molar refractivity (Wildman–Crippen MR) is 123 cm³/mol. The number of ether oxygens (including phenoxy) is 2. The number of hydrogen-bond acceptors (Lipinski definition) is 6. The quantitative estimate of drug-likeness (QED) is 0.560. The van der Waals surface area contributed by atoms with Crippen LogP contribution in [0.5, 0.6) is 17.4 Å². The van der Waals surface area contributed by atoms with E-state index in [9.17, 15) is 27.9 Å². The molecule has 0 spiro atoms. The first-order chi connectivity index (χ1) is 17.6. The average molecular weight is 514 g/mol. The summed E-state index contributed by atoms with van der Waals surface area (Å²) in [6.07, 6.45) is -4.37. The highest BCUT2D eigenvalue weighted by Crippen LogP contribution is 2.49. The van der Waals surface area contributed by atoms with Crippen LogP contribution in [0.1, 0.15) is 40.9 Å². The van der Waals surface area contributed by atoms with E-state index in [1.165, 1.54) is 30.9 Å². The summed E-state index contributed by atoms with van der Waals surface area (Å²) in [5, 5.41) is 20.0. The second-order valence-corrected chi connectivity index (χ2v) is 8.85. The van der Waals surface area contributed by atoms with Crippen molar-refractivity contribution in [3.63, 3.8) is 0 Å². The minimum atomic E-state index is -4.82. The van der Waals surface area contributed by atoms with Crippen LogP contribution in [0.2, 0.25) is 0 Å². The van der Waals surface area contributed by atoms with E-state index in [2.05, 4.69) is 0 Å². The topological polar surface area (TPSA) is 110 Å². The SMILES string of the molecule is COc1ccc(CC(=O)N2C[C@H]3CC2c2c(O)n(-c4ccc(C#N)c(C(F)(F)F)c4)c(=O)n23)cc1OC. The molecule has 1 unspecified atom stereocenters. The van der Waals surface area contributed by atoms with Crippen LogP contribution in [-0.2, 0) is 17.4 Å². The van der Waals surface area contributed by atoms with Gasteiger partial charge in [0.05, 0.1) is 55.6 Å². The Labute approximate surface area is 208 Å². The molecule has 2 bridgehead atoms. The summed E-state index contributed by atoms with van der Waals surface area (Å²) in [7, 11) is 2.99. The first-order valence-electron chi connectivity index (χ1n) is 11.3. The van der Waals surface area contributed by atoms with Gasteiger partial charge in [0.2, 0.25) is 11.8 Å². The summed E-state index contributed by atoms with van der Waals surface area (Å²) >= 11 is 0. The molecule has 2 aromatic carbocycles. The standard InChI is InChI=1S/C25H21F3N4O5/c1-36-19-6-3-13(7-20(19)37-2)8-21(33)30-12-16-10-18(30)22-23(34)32(24(35)31(16)22)15-5-4-14(11-29)17(9-15)25(26,27)28/h3-7,9,16,18,34H,8,10,12H2,1-2H3/t16-,18?/m1/s1. The van der Waals surface area contributed by atoms with Crippen molar-refractivity contribution in [1.29, 1.82) is 5.26 Å². The fourth-order valence-electron chi connectivity index (χ4n) is 5.22. The molecule has 5 rings (SSSR count). The van der Waals surface area contributed by atoms with Gasteiger partial charge < -0.3 is 19.5 Å². The monoisotopic (exact) mass is 514 g/mol. The number of methoxy groups -OCH3 is 2. The number of alkyl halides is 3. The molecule has 9 nitrogen and oxygen atoms in total. The molecule has 12 heteroatoms. The van der Waals surface area contributed by atoms with E-state index in [1.807, 2.05) is 0 Å². The molecule has 3 heterocycles. The fraction of sp³-hybridized carbons (Fsp3) is 0.320. The number of hydrogen-bond donors (Lipinski definition) is 1. The molecule has 0 saturated carbocycles. The van der Waals surface area contributed by atoms with Crippen molar-refractivity contribution in [3.05, 3.63) is 69.3 Å². The van der Waals surface area contributed by atoms with Crippen LogP contribution in [-0.4, -0.2) is 45.8 Å². The number of halogens is 3. The molecule has 1 fully saturated rings. The molecule has 1 saturated heterocycles. The van der Waals surface area contributed by atoms with Gasteiger partial charge in [0.25, 0.3) is 0 Å². The van der Waals surface area contributed by atoms with E-state index in [-0.39, 0.29) is 30.3 Å². The highest BCUT2D eigenvalue weighted by molar-refractivity contribution is 5.80. The molecule has 2 atom stereocenters. The lowest BCUT2D eigenvalue weighted by Gasteiger charge is -2.28. The van der Waals surface area contributed by atoms with Crippen LogP contribution in [0.15, 0.2) is 41.2 Å². The van der Waals surface area contributed by atoms with E-state index in [0.29, 0.717) is 29.5 Å². The number of benzene rings is 2. The van der Waals surface area contributed by atoms with Crippen LogP contribution >= 0.6 is 0 Å². The molecule has 2 aliphatic heterocycles. The van der Waals surface area contributed by atoms with Gasteiger partial charge in [-0.1, -0.05) is 6.07 Å². The largest absolute Gasteiger partial charge is 0.493 e. The molecular weight excluding hydrogens is 493 g/mol. The first-order valence-corrected chi connectivity index (χ1v) is 11.3. The zero-order valence-electron chi connectivity index (χ0n) is 19.7. The lowest BCUT2D eigenvalue weighted by Crippen LogP contribution is -2.38. The second-order valence-electron chi connectivity index (χ2n) is 8.85. The van der Waals surface area contributed by atoms with Crippen molar-refractivity contribution in [2.24, 2.45) is 0 Å². The number of likely N-dealkylation sites (tertiary alicyclic amines) is 1. The minimum Gasteiger partial charge on any atom is -0.493 e. The Morgan fingerprint density at radius 3 is 2.54 bits per heavy atom. The van der Waals surface area contributed by atoms with Gasteiger partial charge in [-0.25, -0.2) is 9.36 Å².